The fourth-order valence-corrected chi connectivity index (χ4v) is 3.42. The largest absolute Gasteiger partial charge is 0.338 e. The van der Waals surface area contributed by atoms with Crippen LogP contribution in [0.3, 0.4) is 0 Å². The monoisotopic (exact) mass is 321 g/mol. The molecule has 1 fully saturated rings. The third kappa shape index (κ3) is 2.44. The summed E-state index contributed by atoms with van der Waals surface area (Å²) in [5.74, 6) is 0.0856. The summed E-state index contributed by atoms with van der Waals surface area (Å²) in [6.45, 7) is 3.57. The molecule has 1 amide bonds. The maximum absolute atomic E-state index is 12.2. The fourth-order valence-electron chi connectivity index (χ4n) is 1.77. The standard InChI is InChI=1S/C11H13BrClNOS/c1-7-6-16-10(9(7)13)11(15)14-4-2-8(12)3-5-14/h6,8H,2-5H2,1H3. The van der Waals surface area contributed by atoms with Crippen LogP contribution in [0.4, 0.5) is 0 Å². The Morgan fingerprint density at radius 2 is 2.19 bits per heavy atom. The molecular formula is C11H13BrClNOS. The van der Waals surface area contributed by atoms with Gasteiger partial charge in [-0.3, -0.25) is 4.79 Å². The van der Waals surface area contributed by atoms with Gasteiger partial charge in [0.05, 0.1) is 5.02 Å². The van der Waals surface area contributed by atoms with Crippen LogP contribution < -0.4 is 0 Å². The molecule has 0 bridgehead atoms. The van der Waals surface area contributed by atoms with Crippen LogP contribution in [0.5, 0.6) is 0 Å². The molecule has 1 aliphatic rings. The van der Waals surface area contributed by atoms with Crippen molar-refractivity contribution in [2.45, 2.75) is 24.6 Å². The van der Waals surface area contributed by atoms with E-state index in [4.69, 9.17) is 11.6 Å². The number of amides is 1. The first-order valence-corrected chi connectivity index (χ1v) is 7.44. The highest BCUT2D eigenvalue weighted by atomic mass is 79.9. The molecule has 0 aliphatic carbocycles. The van der Waals surface area contributed by atoms with Crippen molar-refractivity contribution in [1.29, 1.82) is 0 Å². The Bertz CT molecular complexity index is 399. The highest BCUT2D eigenvalue weighted by Gasteiger charge is 2.25. The SMILES string of the molecule is Cc1csc(C(=O)N2CCC(Br)CC2)c1Cl. The van der Waals surface area contributed by atoms with Crippen LogP contribution in [-0.4, -0.2) is 28.7 Å². The number of hydrogen-bond acceptors (Lipinski definition) is 2. The smallest absolute Gasteiger partial charge is 0.265 e. The van der Waals surface area contributed by atoms with Gasteiger partial charge in [0.25, 0.3) is 5.91 Å². The van der Waals surface area contributed by atoms with Gasteiger partial charge in [0.1, 0.15) is 4.88 Å². The summed E-state index contributed by atoms with van der Waals surface area (Å²) in [5.41, 5.74) is 0.991. The highest BCUT2D eigenvalue weighted by molar-refractivity contribution is 9.09. The van der Waals surface area contributed by atoms with E-state index in [0.717, 1.165) is 31.5 Å². The number of aryl methyl sites for hydroxylation is 1. The van der Waals surface area contributed by atoms with Gasteiger partial charge in [-0.1, -0.05) is 27.5 Å². The zero-order valence-electron chi connectivity index (χ0n) is 9.00. The molecule has 1 saturated heterocycles. The molecule has 5 heteroatoms. The molecule has 2 rings (SSSR count). The van der Waals surface area contributed by atoms with E-state index in [1.54, 1.807) is 0 Å². The van der Waals surface area contributed by atoms with Crippen LogP contribution in [-0.2, 0) is 0 Å². The van der Waals surface area contributed by atoms with Gasteiger partial charge in [-0.2, -0.15) is 0 Å². The Morgan fingerprint density at radius 3 is 2.69 bits per heavy atom. The van der Waals surface area contributed by atoms with Crippen LogP contribution in [0.2, 0.25) is 5.02 Å². The molecule has 16 heavy (non-hydrogen) atoms. The quantitative estimate of drug-likeness (QED) is 0.722. The molecule has 0 saturated carbocycles. The molecule has 88 valence electrons. The predicted molar refractivity (Wildman–Crippen MR) is 71.9 cm³/mol. The molecule has 0 aromatic carbocycles. The lowest BCUT2D eigenvalue weighted by atomic mass is 10.1. The van der Waals surface area contributed by atoms with E-state index in [-0.39, 0.29) is 5.91 Å². The number of halogens is 2. The minimum atomic E-state index is 0.0856. The maximum Gasteiger partial charge on any atom is 0.265 e. The molecule has 0 spiro atoms. The first-order chi connectivity index (χ1) is 7.59. The van der Waals surface area contributed by atoms with Gasteiger partial charge in [-0.05, 0) is 30.7 Å². The van der Waals surface area contributed by atoms with E-state index in [2.05, 4.69) is 15.9 Å². The number of carbonyl (C=O) groups excluding carboxylic acids is 1. The van der Waals surface area contributed by atoms with Crippen molar-refractivity contribution in [3.8, 4) is 0 Å². The first-order valence-electron chi connectivity index (χ1n) is 5.26. The van der Waals surface area contributed by atoms with Crippen LogP contribution in [0, 0.1) is 6.92 Å². The Balaban J connectivity index is 2.11. The second-order valence-corrected chi connectivity index (χ2v) is 6.58. The van der Waals surface area contributed by atoms with Gasteiger partial charge >= 0.3 is 0 Å². The number of nitrogens with zero attached hydrogens (tertiary/aromatic N) is 1. The molecule has 2 heterocycles. The Morgan fingerprint density at radius 1 is 1.56 bits per heavy atom. The molecule has 1 aromatic heterocycles. The zero-order valence-corrected chi connectivity index (χ0v) is 12.2. The fraction of sp³-hybridized carbons (Fsp3) is 0.545. The third-order valence-electron chi connectivity index (χ3n) is 2.81. The van der Waals surface area contributed by atoms with Gasteiger partial charge < -0.3 is 4.90 Å². The van der Waals surface area contributed by atoms with Crippen molar-refractivity contribution in [1.82, 2.24) is 4.90 Å². The molecule has 0 atom stereocenters. The van der Waals surface area contributed by atoms with Crippen molar-refractivity contribution in [2.75, 3.05) is 13.1 Å². The highest BCUT2D eigenvalue weighted by Crippen LogP contribution is 2.29. The Labute approximate surface area is 113 Å². The van der Waals surface area contributed by atoms with E-state index in [1.165, 1.54) is 11.3 Å². The van der Waals surface area contributed by atoms with Gasteiger partial charge in [0, 0.05) is 17.9 Å². The molecule has 0 radical (unpaired) electrons. The molecular weight excluding hydrogens is 310 g/mol. The van der Waals surface area contributed by atoms with Crippen molar-refractivity contribution >= 4 is 44.8 Å². The molecule has 1 aliphatic heterocycles. The lowest BCUT2D eigenvalue weighted by Gasteiger charge is -2.29. The van der Waals surface area contributed by atoms with Crippen molar-refractivity contribution in [3.63, 3.8) is 0 Å². The average molecular weight is 323 g/mol. The number of hydrogen-bond donors (Lipinski definition) is 0. The minimum Gasteiger partial charge on any atom is -0.338 e. The number of piperidine rings is 1. The Hall–Kier alpha value is -0.0600. The topological polar surface area (TPSA) is 20.3 Å². The van der Waals surface area contributed by atoms with E-state index >= 15 is 0 Å². The summed E-state index contributed by atoms with van der Waals surface area (Å²) in [6.07, 6.45) is 2.04. The van der Waals surface area contributed by atoms with Crippen LogP contribution >= 0.6 is 38.9 Å². The molecule has 1 aromatic rings. The predicted octanol–water partition coefficient (Wildman–Crippen LogP) is 3.71. The zero-order chi connectivity index (χ0) is 11.7. The summed E-state index contributed by atoms with van der Waals surface area (Å²) >= 11 is 11.1. The average Bonchev–Trinajstić information content (AvgIpc) is 2.60. The lowest BCUT2D eigenvalue weighted by molar-refractivity contribution is 0.0733. The normalized spacial score (nSPS) is 17.8. The van der Waals surface area contributed by atoms with Crippen LogP contribution in [0.15, 0.2) is 5.38 Å². The van der Waals surface area contributed by atoms with Crippen LogP contribution in [0.25, 0.3) is 0 Å². The first kappa shape index (κ1) is 12.4. The maximum atomic E-state index is 12.2. The lowest BCUT2D eigenvalue weighted by Crippen LogP contribution is -2.38. The van der Waals surface area contributed by atoms with Crippen molar-refractivity contribution in [2.24, 2.45) is 0 Å². The second kappa shape index (κ2) is 5.07. The summed E-state index contributed by atoms with van der Waals surface area (Å²) in [7, 11) is 0. The van der Waals surface area contributed by atoms with Gasteiger partial charge in [-0.25, -0.2) is 0 Å². The van der Waals surface area contributed by atoms with Crippen molar-refractivity contribution in [3.05, 3.63) is 20.8 Å². The molecule has 0 N–H and O–H groups in total. The molecule has 0 unspecified atom stereocenters. The minimum absolute atomic E-state index is 0.0856. The van der Waals surface area contributed by atoms with Gasteiger partial charge in [-0.15, -0.1) is 11.3 Å². The molecule has 2 nitrogen and oxygen atoms in total. The number of rotatable bonds is 1. The van der Waals surface area contributed by atoms with E-state index in [0.29, 0.717) is 14.7 Å². The van der Waals surface area contributed by atoms with Gasteiger partial charge in [0.15, 0.2) is 0 Å². The number of alkyl halides is 1. The summed E-state index contributed by atoms with van der Waals surface area (Å²) in [5, 5.41) is 2.56. The van der Waals surface area contributed by atoms with Gasteiger partial charge in [0.2, 0.25) is 0 Å². The Kier molecular flexibility index (Phi) is 3.93. The number of likely N-dealkylation sites (tertiary alicyclic amines) is 1. The summed E-state index contributed by atoms with van der Waals surface area (Å²) in [4.78, 5) is 15.3. The van der Waals surface area contributed by atoms with E-state index in [1.807, 2.05) is 17.2 Å². The number of thiophene rings is 1. The number of carbonyl (C=O) groups is 1. The second-order valence-electron chi connectivity index (χ2n) is 4.03. The van der Waals surface area contributed by atoms with E-state index in [9.17, 15) is 4.79 Å². The third-order valence-corrected chi connectivity index (χ3v) is 5.41. The van der Waals surface area contributed by atoms with Crippen molar-refractivity contribution < 1.29 is 4.79 Å². The van der Waals surface area contributed by atoms with E-state index < -0.39 is 0 Å². The summed E-state index contributed by atoms with van der Waals surface area (Å²) < 4.78 is 0. The summed E-state index contributed by atoms with van der Waals surface area (Å²) in [6, 6.07) is 0. The van der Waals surface area contributed by atoms with Crippen LogP contribution in [0.1, 0.15) is 28.1 Å².